The van der Waals surface area contributed by atoms with E-state index in [0.29, 0.717) is 35.7 Å². The van der Waals surface area contributed by atoms with Crippen LogP contribution in [0.5, 0.6) is 0 Å². The number of hydrogen-bond donors (Lipinski definition) is 0. The molecular weight excluding hydrogens is 418 g/mol. The fourth-order valence-electron chi connectivity index (χ4n) is 3.70. The molecule has 7 heteroatoms. The van der Waals surface area contributed by atoms with Crippen molar-refractivity contribution >= 4 is 22.6 Å². The van der Waals surface area contributed by atoms with Gasteiger partial charge in [0.2, 0.25) is 0 Å². The van der Waals surface area contributed by atoms with Crippen molar-refractivity contribution in [3.8, 4) is 0 Å². The van der Waals surface area contributed by atoms with Crippen molar-refractivity contribution < 1.29 is 14.3 Å². The number of fused-ring (bicyclic) bond motifs is 1. The molecule has 3 aromatic rings. The first kappa shape index (κ1) is 24.2. The van der Waals surface area contributed by atoms with Crippen LogP contribution in [0.25, 0.3) is 10.8 Å². The Kier molecular flexibility index (Phi) is 7.98. The van der Waals surface area contributed by atoms with Gasteiger partial charge in [0, 0.05) is 18.5 Å². The van der Waals surface area contributed by atoms with Crippen LogP contribution in [-0.2, 0) is 16.1 Å². The summed E-state index contributed by atoms with van der Waals surface area (Å²) in [6.45, 7) is 9.20. The highest BCUT2D eigenvalue weighted by Crippen LogP contribution is 2.15. The van der Waals surface area contributed by atoms with Gasteiger partial charge in [-0.15, -0.1) is 0 Å². The second-order valence-electron chi connectivity index (χ2n) is 9.01. The van der Waals surface area contributed by atoms with Crippen molar-refractivity contribution in [2.75, 3.05) is 19.7 Å². The van der Waals surface area contributed by atoms with E-state index < -0.39 is 5.97 Å². The standard InChI is InChI=1S/C26H31N3O4/c1-18(2)14-28(15-19(3)4)23(30)17-33-26(32)24-21-12-8-9-13-22(21)25(31)29(27-24)16-20-10-6-5-7-11-20/h5-13,18-19H,14-17H2,1-4H3. The highest BCUT2D eigenvalue weighted by molar-refractivity contribution is 6.02. The maximum atomic E-state index is 13.0. The molecule has 0 saturated carbocycles. The largest absolute Gasteiger partial charge is 0.451 e. The number of ether oxygens (including phenoxy) is 1. The molecule has 7 nitrogen and oxygen atoms in total. The van der Waals surface area contributed by atoms with Crippen molar-refractivity contribution in [2.24, 2.45) is 11.8 Å². The summed E-state index contributed by atoms with van der Waals surface area (Å²) in [5, 5.41) is 5.11. The van der Waals surface area contributed by atoms with Crippen LogP contribution < -0.4 is 5.56 Å². The number of carbonyl (C=O) groups excluding carboxylic acids is 2. The summed E-state index contributed by atoms with van der Waals surface area (Å²) in [5.74, 6) is -0.367. The smallest absolute Gasteiger partial charge is 0.359 e. The fraction of sp³-hybridized carbons (Fsp3) is 0.385. The van der Waals surface area contributed by atoms with Gasteiger partial charge in [-0.05, 0) is 23.5 Å². The molecule has 0 fully saturated rings. The molecule has 3 rings (SSSR count). The van der Waals surface area contributed by atoms with Gasteiger partial charge in [-0.25, -0.2) is 9.48 Å². The average Bonchev–Trinajstić information content (AvgIpc) is 2.78. The first-order chi connectivity index (χ1) is 15.8. The average molecular weight is 450 g/mol. The van der Waals surface area contributed by atoms with Crippen LogP contribution >= 0.6 is 0 Å². The number of amides is 1. The van der Waals surface area contributed by atoms with E-state index in [-0.39, 0.29) is 30.3 Å². The molecule has 0 spiro atoms. The van der Waals surface area contributed by atoms with Crippen molar-refractivity contribution in [3.63, 3.8) is 0 Å². The van der Waals surface area contributed by atoms with Crippen LogP contribution in [-0.4, -0.2) is 46.3 Å². The summed E-state index contributed by atoms with van der Waals surface area (Å²) in [6, 6.07) is 16.2. The van der Waals surface area contributed by atoms with Crippen molar-refractivity contribution in [3.05, 3.63) is 76.2 Å². The molecule has 1 amide bonds. The minimum Gasteiger partial charge on any atom is -0.451 e. The van der Waals surface area contributed by atoms with Gasteiger partial charge in [-0.2, -0.15) is 5.10 Å². The number of aromatic nitrogens is 2. The second kappa shape index (κ2) is 10.9. The Morgan fingerprint density at radius 1 is 0.909 bits per heavy atom. The second-order valence-corrected chi connectivity index (χ2v) is 9.01. The summed E-state index contributed by atoms with van der Waals surface area (Å²) in [6.07, 6.45) is 0. The zero-order chi connectivity index (χ0) is 24.0. The quantitative estimate of drug-likeness (QED) is 0.465. The van der Waals surface area contributed by atoms with Crippen LogP contribution in [0.2, 0.25) is 0 Å². The summed E-state index contributed by atoms with van der Waals surface area (Å²) in [5.41, 5.74) is 0.616. The molecular formula is C26H31N3O4. The van der Waals surface area contributed by atoms with E-state index in [1.54, 1.807) is 29.2 Å². The molecule has 0 aliphatic carbocycles. The molecule has 0 aliphatic rings. The zero-order valence-electron chi connectivity index (χ0n) is 19.7. The molecule has 0 atom stereocenters. The van der Waals surface area contributed by atoms with Gasteiger partial charge in [-0.3, -0.25) is 9.59 Å². The van der Waals surface area contributed by atoms with E-state index in [0.717, 1.165) is 5.56 Å². The maximum Gasteiger partial charge on any atom is 0.359 e. The van der Waals surface area contributed by atoms with Gasteiger partial charge in [0.05, 0.1) is 11.9 Å². The number of rotatable bonds is 9. The number of carbonyl (C=O) groups is 2. The monoisotopic (exact) mass is 449 g/mol. The van der Waals surface area contributed by atoms with Crippen molar-refractivity contribution in [2.45, 2.75) is 34.2 Å². The van der Waals surface area contributed by atoms with Crippen LogP contribution in [0.4, 0.5) is 0 Å². The van der Waals surface area contributed by atoms with Crippen LogP contribution in [0, 0.1) is 11.8 Å². The SMILES string of the molecule is CC(C)CN(CC(C)C)C(=O)COC(=O)c1nn(Cc2ccccc2)c(=O)c2ccccc12. The third kappa shape index (κ3) is 6.28. The predicted molar refractivity (Wildman–Crippen MR) is 128 cm³/mol. The lowest BCUT2D eigenvalue weighted by Crippen LogP contribution is -2.39. The third-order valence-corrected chi connectivity index (χ3v) is 5.09. The van der Waals surface area contributed by atoms with Gasteiger partial charge in [0.15, 0.2) is 12.3 Å². The molecule has 2 aromatic carbocycles. The van der Waals surface area contributed by atoms with Crippen molar-refractivity contribution in [1.29, 1.82) is 0 Å². The lowest BCUT2D eigenvalue weighted by Gasteiger charge is -2.26. The Morgan fingerprint density at radius 2 is 1.48 bits per heavy atom. The molecule has 33 heavy (non-hydrogen) atoms. The Balaban J connectivity index is 1.86. The van der Waals surface area contributed by atoms with Gasteiger partial charge >= 0.3 is 5.97 Å². The minimum absolute atomic E-state index is 0.0215. The Labute approximate surface area is 194 Å². The van der Waals surface area contributed by atoms with Gasteiger partial charge in [-0.1, -0.05) is 76.2 Å². The summed E-state index contributed by atoms with van der Waals surface area (Å²) >= 11 is 0. The maximum absolute atomic E-state index is 13.0. The Morgan fingerprint density at radius 3 is 2.09 bits per heavy atom. The molecule has 0 saturated heterocycles. The normalized spacial score (nSPS) is 11.2. The third-order valence-electron chi connectivity index (χ3n) is 5.09. The first-order valence-electron chi connectivity index (χ1n) is 11.2. The van der Waals surface area contributed by atoms with E-state index in [1.165, 1.54) is 4.68 Å². The Hall–Kier alpha value is -3.48. The Bertz CT molecular complexity index is 1160. The lowest BCUT2D eigenvalue weighted by atomic mass is 10.1. The van der Waals surface area contributed by atoms with E-state index in [2.05, 4.69) is 5.10 Å². The molecule has 0 aliphatic heterocycles. The van der Waals surface area contributed by atoms with Gasteiger partial charge in [0.1, 0.15) is 0 Å². The summed E-state index contributed by atoms with van der Waals surface area (Å²) in [4.78, 5) is 40.4. The van der Waals surface area contributed by atoms with Crippen LogP contribution in [0.1, 0.15) is 43.7 Å². The molecule has 0 unspecified atom stereocenters. The number of benzene rings is 2. The van der Waals surface area contributed by atoms with Gasteiger partial charge in [0.25, 0.3) is 11.5 Å². The van der Waals surface area contributed by atoms with Crippen LogP contribution in [0.15, 0.2) is 59.4 Å². The number of nitrogens with zero attached hydrogens (tertiary/aromatic N) is 3. The summed E-state index contributed by atoms with van der Waals surface area (Å²) < 4.78 is 6.64. The van der Waals surface area contributed by atoms with E-state index in [1.807, 2.05) is 58.0 Å². The van der Waals surface area contributed by atoms with Crippen molar-refractivity contribution in [1.82, 2.24) is 14.7 Å². The molecule has 1 aromatic heterocycles. The topological polar surface area (TPSA) is 81.5 Å². The molecule has 0 radical (unpaired) electrons. The molecule has 174 valence electrons. The van der Waals surface area contributed by atoms with Crippen LogP contribution in [0.3, 0.4) is 0 Å². The first-order valence-corrected chi connectivity index (χ1v) is 11.2. The number of hydrogen-bond acceptors (Lipinski definition) is 5. The predicted octanol–water partition coefficient (Wildman–Crippen LogP) is 3.74. The molecule has 1 heterocycles. The van der Waals surface area contributed by atoms with E-state index >= 15 is 0 Å². The molecule has 0 N–H and O–H groups in total. The fourth-order valence-corrected chi connectivity index (χ4v) is 3.70. The lowest BCUT2D eigenvalue weighted by molar-refractivity contribution is -0.135. The summed E-state index contributed by atoms with van der Waals surface area (Å²) in [7, 11) is 0. The van der Waals surface area contributed by atoms with E-state index in [9.17, 15) is 14.4 Å². The minimum atomic E-state index is -0.726. The van der Waals surface area contributed by atoms with Gasteiger partial charge < -0.3 is 9.64 Å². The highest BCUT2D eigenvalue weighted by atomic mass is 16.5. The van der Waals surface area contributed by atoms with E-state index in [4.69, 9.17) is 4.74 Å². The highest BCUT2D eigenvalue weighted by Gasteiger charge is 2.22. The molecule has 0 bridgehead atoms. The zero-order valence-corrected chi connectivity index (χ0v) is 19.7. The number of esters is 1.